The van der Waals surface area contributed by atoms with E-state index in [0.717, 1.165) is 18.9 Å². The van der Waals surface area contributed by atoms with Crippen LogP contribution in [0.3, 0.4) is 0 Å². The Morgan fingerprint density at radius 1 is 1.47 bits per heavy atom. The molecular weight excluding hydrogens is 224 g/mol. The topological polar surface area (TPSA) is 35.2 Å². The van der Waals surface area contributed by atoms with Gasteiger partial charge in [-0.3, -0.25) is 0 Å². The van der Waals surface area contributed by atoms with Gasteiger partial charge in [0.05, 0.1) is 5.60 Å². The molecule has 0 spiro atoms. The van der Waals surface area contributed by atoms with Gasteiger partial charge in [-0.05, 0) is 37.8 Å². The summed E-state index contributed by atoms with van der Waals surface area (Å²) >= 11 is 0. The second kappa shape index (κ2) is 4.70. The average molecular weight is 241 g/mol. The van der Waals surface area contributed by atoms with E-state index in [0.29, 0.717) is 18.6 Å². The van der Waals surface area contributed by atoms with Crippen molar-refractivity contribution in [3.63, 3.8) is 0 Å². The van der Waals surface area contributed by atoms with Crippen molar-refractivity contribution in [2.75, 3.05) is 6.61 Å². The summed E-state index contributed by atoms with van der Waals surface area (Å²) in [5.41, 5.74) is 6.12. The zero-order valence-corrected chi connectivity index (χ0v) is 9.88. The molecule has 2 atom stereocenters. The fraction of sp³-hybridized carbons (Fsp3) is 0.538. The molecule has 17 heavy (non-hydrogen) atoms. The summed E-state index contributed by atoms with van der Waals surface area (Å²) in [7, 11) is 0. The van der Waals surface area contributed by atoms with Crippen LogP contribution in [0.5, 0.6) is 0 Å². The number of benzene rings is 1. The highest BCUT2D eigenvalue weighted by molar-refractivity contribution is 5.20. The molecule has 1 aromatic carbocycles. The molecule has 1 saturated heterocycles. The number of halogens is 2. The molecule has 2 rings (SSSR count). The molecule has 4 heteroatoms. The lowest BCUT2D eigenvalue weighted by molar-refractivity contribution is -0.00107. The van der Waals surface area contributed by atoms with E-state index in [1.807, 2.05) is 6.92 Å². The zero-order valence-electron chi connectivity index (χ0n) is 9.88. The Morgan fingerprint density at radius 2 is 2.24 bits per heavy atom. The highest BCUT2D eigenvalue weighted by atomic mass is 19.1. The summed E-state index contributed by atoms with van der Waals surface area (Å²) in [4.78, 5) is 0. The largest absolute Gasteiger partial charge is 0.374 e. The summed E-state index contributed by atoms with van der Waals surface area (Å²) in [6.45, 7) is 2.65. The predicted octanol–water partition coefficient (Wildman–Crippen LogP) is 2.40. The predicted molar refractivity (Wildman–Crippen MR) is 61.6 cm³/mol. The van der Waals surface area contributed by atoms with E-state index in [9.17, 15) is 8.78 Å². The highest BCUT2D eigenvalue weighted by Crippen LogP contribution is 2.29. The molecule has 1 aliphatic heterocycles. The standard InChI is InChI=1S/C13H17F2NO/c1-13(5-2-6-17-13)12(16)7-9-3-4-10(14)8-11(9)15/h3-4,8,12H,2,5-7,16H2,1H3. The minimum absolute atomic E-state index is 0.273. The Hall–Kier alpha value is -1.00. The lowest BCUT2D eigenvalue weighted by atomic mass is 9.89. The van der Waals surface area contributed by atoms with E-state index in [1.165, 1.54) is 12.1 Å². The molecule has 1 aromatic rings. The maximum Gasteiger partial charge on any atom is 0.129 e. The molecule has 1 aliphatic rings. The average Bonchev–Trinajstić information content (AvgIpc) is 2.71. The first-order chi connectivity index (χ1) is 8.01. The molecular formula is C13H17F2NO. The van der Waals surface area contributed by atoms with Crippen LogP contribution in [0.4, 0.5) is 8.78 Å². The van der Waals surface area contributed by atoms with E-state index in [1.54, 1.807) is 0 Å². The third-order valence-electron chi connectivity index (χ3n) is 3.49. The van der Waals surface area contributed by atoms with Gasteiger partial charge in [-0.1, -0.05) is 6.07 Å². The van der Waals surface area contributed by atoms with Crippen LogP contribution < -0.4 is 5.73 Å². The van der Waals surface area contributed by atoms with Crippen LogP contribution in [-0.2, 0) is 11.2 Å². The van der Waals surface area contributed by atoms with Crippen molar-refractivity contribution in [2.24, 2.45) is 5.73 Å². The first kappa shape index (κ1) is 12.5. The Morgan fingerprint density at radius 3 is 2.82 bits per heavy atom. The van der Waals surface area contributed by atoms with E-state index in [2.05, 4.69) is 0 Å². The molecule has 0 saturated carbocycles. The van der Waals surface area contributed by atoms with Crippen LogP contribution in [0.2, 0.25) is 0 Å². The number of rotatable bonds is 3. The monoisotopic (exact) mass is 241 g/mol. The number of nitrogens with two attached hydrogens (primary N) is 1. The van der Waals surface area contributed by atoms with Crippen molar-refractivity contribution < 1.29 is 13.5 Å². The molecule has 2 unspecified atom stereocenters. The van der Waals surface area contributed by atoms with Crippen LogP contribution >= 0.6 is 0 Å². The first-order valence-corrected chi connectivity index (χ1v) is 5.85. The van der Waals surface area contributed by atoms with Crippen LogP contribution in [0.25, 0.3) is 0 Å². The van der Waals surface area contributed by atoms with E-state index < -0.39 is 11.6 Å². The normalized spacial score (nSPS) is 26.1. The fourth-order valence-corrected chi connectivity index (χ4v) is 2.23. The number of hydrogen-bond donors (Lipinski definition) is 1. The second-order valence-corrected chi connectivity index (χ2v) is 4.81. The summed E-state index contributed by atoms with van der Waals surface area (Å²) in [5, 5.41) is 0. The quantitative estimate of drug-likeness (QED) is 0.882. The Labute approximate surface area is 99.8 Å². The SMILES string of the molecule is CC1(C(N)Cc2ccc(F)cc2F)CCCO1. The summed E-state index contributed by atoms with van der Waals surface area (Å²) < 4.78 is 31.9. The van der Waals surface area contributed by atoms with Crippen molar-refractivity contribution in [3.8, 4) is 0 Å². The van der Waals surface area contributed by atoms with Gasteiger partial charge in [-0.15, -0.1) is 0 Å². The van der Waals surface area contributed by atoms with Gasteiger partial charge in [0.15, 0.2) is 0 Å². The smallest absolute Gasteiger partial charge is 0.129 e. The summed E-state index contributed by atoms with van der Waals surface area (Å²) in [5.74, 6) is -1.11. The van der Waals surface area contributed by atoms with Gasteiger partial charge in [0.25, 0.3) is 0 Å². The maximum atomic E-state index is 13.5. The van der Waals surface area contributed by atoms with Crippen LogP contribution in [0.1, 0.15) is 25.3 Å². The van der Waals surface area contributed by atoms with Crippen molar-refractivity contribution in [2.45, 2.75) is 37.8 Å². The van der Waals surface area contributed by atoms with Gasteiger partial charge < -0.3 is 10.5 Å². The Balaban J connectivity index is 2.10. The van der Waals surface area contributed by atoms with Crippen molar-refractivity contribution in [1.29, 1.82) is 0 Å². The van der Waals surface area contributed by atoms with Gasteiger partial charge in [0.2, 0.25) is 0 Å². The minimum atomic E-state index is -0.567. The van der Waals surface area contributed by atoms with Crippen molar-refractivity contribution in [3.05, 3.63) is 35.4 Å². The second-order valence-electron chi connectivity index (χ2n) is 4.81. The van der Waals surface area contributed by atoms with Crippen LogP contribution in [-0.4, -0.2) is 18.2 Å². The van der Waals surface area contributed by atoms with Crippen LogP contribution in [0.15, 0.2) is 18.2 Å². The Bertz CT molecular complexity index is 402. The van der Waals surface area contributed by atoms with E-state index >= 15 is 0 Å². The van der Waals surface area contributed by atoms with Gasteiger partial charge in [0.1, 0.15) is 11.6 Å². The van der Waals surface area contributed by atoms with Gasteiger partial charge in [-0.2, -0.15) is 0 Å². The van der Waals surface area contributed by atoms with Gasteiger partial charge in [-0.25, -0.2) is 8.78 Å². The zero-order chi connectivity index (χ0) is 12.5. The molecule has 0 radical (unpaired) electrons. The fourth-order valence-electron chi connectivity index (χ4n) is 2.23. The van der Waals surface area contributed by atoms with E-state index in [-0.39, 0.29) is 11.6 Å². The molecule has 2 N–H and O–H groups in total. The third-order valence-corrected chi connectivity index (χ3v) is 3.49. The van der Waals surface area contributed by atoms with E-state index in [4.69, 9.17) is 10.5 Å². The molecule has 1 heterocycles. The lowest BCUT2D eigenvalue weighted by Gasteiger charge is -2.30. The molecule has 0 aliphatic carbocycles. The van der Waals surface area contributed by atoms with Crippen molar-refractivity contribution >= 4 is 0 Å². The molecule has 0 bridgehead atoms. The Kier molecular flexibility index (Phi) is 3.45. The molecule has 94 valence electrons. The first-order valence-electron chi connectivity index (χ1n) is 5.85. The third kappa shape index (κ3) is 2.64. The minimum Gasteiger partial charge on any atom is -0.374 e. The van der Waals surface area contributed by atoms with Gasteiger partial charge in [0, 0.05) is 18.7 Å². The molecule has 1 fully saturated rings. The molecule has 0 amide bonds. The number of ether oxygens (including phenoxy) is 1. The maximum absolute atomic E-state index is 13.5. The number of hydrogen-bond acceptors (Lipinski definition) is 2. The highest BCUT2D eigenvalue weighted by Gasteiger charge is 2.36. The molecule has 0 aromatic heterocycles. The summed E-state index contributed by atoms with van der Waals surface area (Å²) in [6, 6.07) is 3.32. The molecule has 2 nitrogen and oxygen atoms in total. The van der Waals surface area contributed by atoms with Crippen molar-refractivity contribution in [1.82, 2.24) is 0 Å². The summed E-state index contributed by atoms with van der Waals surface area (Å²) in [6.07, 6.45) is 2.23. The van der Waals surface area contributed by atoms with Crippen LogP contribution in [0, 0.1) is 11.6 Å². The van der Waals surface area contributed by atoms with Gasteiger partial charge >= 0.3 is 0 Å². The lowest BCUT2D eigenvalue weighted by Crippen LogP contribution is -2.46.